The van der Waals surface area contributed by atoms with Gasteiger partial charge in [0, 0.05) is 21.6 Å². The minimum absolute atomic E-state index is 0.188. The summed E-state index contributed by atoms with van der Waals surface area (Å²) in [5.74, 6) is -0.188. The maximum absolute atomic E-state index is 11.5. The van der Waals surface area contributed by atoms with Crippen LogP contribution in [0, 0.1) is 0 Å². The molecule has 17 heavy (non-hydrogen) atoms. The van der Waals surface area contributed by atoms with E-state index < -0.39 is 0 Å². The molecule has 0 saturated carbocycles. The molecule has 2 aromatic rings. The molecule has 0 amide bonds. The number of esters is 1. The molecule has 0 aliphatic carbocycles. The zero-order valence-electron chi connectivity index (χ0n) is 9.65. The van der Waals surface area contributed by atoms with Gasteiger partial charge in [0.2, 0.25) is 0 Å². The Kier molecular flexibility index (Phi) is 3.84. The van der Waals surface area contributed by atoms with Gasteiger partial charge >= 0.3 is 5.97 Å². The summed E-state index contributed by atoms with van der Waals surface area (Å²) in [4.78, 5) is 11.5. The Morgan fingerprint density at radius 2 is 2.24 bits per heavy atom. The fourth-order valence-electron chi connectivity index (χ4n) is 1.71. The summed E-state index contributed by atoms with van der Waals surface area (Å²) in [5.41, 5.74) is 1.04. The lowest BCUT2D eigenvalue weighted by Gasteiger charge is -2.05. The molecule has 3 nitrogen and oxygen atoms in total. The van der Waals surface area contributed by atoms with Crippen LogP contribution in [0.1, 0.15) is 13.3 Å². The summed E-state index contributed by atoms with van der Waals surface area (Å²) in [6.45, 7) is 2.74. The van der Waals surface area contributed by atoms with Gasteiger partial charge < -0.3 is 9.30 Å². The Morgan fingerprint density at radius 3 is 3.00 bits per heavy atom. The number of benzene rings is 1. The lowest BCUT2D eigenvalue weighted by molar-refractivity contribution is -0.144. The van der Waals surface area contributed by atoms with Crippen molar-refractivity contribution in [3.8, 4) is 0 Å². The normalized spacial score (nSPS) is 10.7. The van der Waals surface area contributed by atoms with E-state index in [9.17, 15) is 4.79 Å². The second kappa shape index (κ2) is 5.36. The van der Waals surface area contributed by atoms with Crippen molar-refractivity contribution in [2.75, 3.05) is 6.61 Å². The summed E-state index contributed by atoms with van der Waals surface area (Å²) in [6, 6.07) is 7.99. The van der Waals surface area contributed by atoms with Crippen molar-refractivity contribution in [1.29, 1.82) is 0 Å². The maximum atomic E-state index is 11.5. The van der Waals surface area contributed by atoms with Gasteiger partial charge in [0.05, 0.1) is 6.61 Å². The molecule has 1 aromatic heterocycles. The highest BCUT2D eigenvalue weighted by atomic mass is 79.9. The van der Waals surface area contributed by atoms with Crippen molar-refractivity contribution >= 4 is 32.8 Å². The van der Waals surface area contributed by atoms with Crippen LogP contribution in [0.25, 0.3) is 10.9 Å². The number of hydrogen-bond donors (Lipinski definition) is 0. The predicted molar refractivity (Wildman–Crippen MR) is 70.9 cm³/mol. The Balaban J connectivity index is 2.16. The third-order valence-electron chi connectivity index (χ3n) is 2.50. The van der Waals surface area contributed by atoms with Gasteiger partial charge in [-0.05, 0) is 30.7 Å². The maximum Gasteiger partial charge on any atom is 0.325 e. The second-order valence-corrected chi connectivity index (χ2v) is 4.78. The average molecular weight is 296 g/mol. The lowest BCUT2D eigenvalue weighted by atomic mass is 10.2. The van der Waals surface area contributed by atoms with Crippen molar-refractivity contribution in [2.24, 2.45) is 0 Å². The van der Waals surface area contributed by atoms with Crippen molar-refractivity contribution in [3.05, 3.63) is 34.9 Å². The molecule has 0 aliphatic heterocycles. The monoisotopic (exact) mass is 295 g/mol. The zero-order chi connectivity index (χ0) is 12.3. The zero-order valence-corrected chi connectivity index (χ0v) is 11.2. The van der Waals surface area contributed by atoms with Gasteiger partial charge in [-0.3, -0.25) is 4.79 Å². The van der Waals surface area contributed by atoms with E-state index in [1.807, 2.05) is 42.0 Å². The fourth-order valence-corrected chi connectivity index (χ4v) is 2.09. The van der Waals surface area contributed by atoms with E-state index in [0.717, 1.165) is 21.8 Å². The van der Waals surface area contributed by atoms with E-state index in [0.29, 0.717) is 6.61 Å². The number of carbonyl (C=O) groups excluding carboxylic acids is 1. The van der Waals surface area contributed by atoms with Crippen LogP contribution in [-0.2, 0) is 16.1 Å². The van der Waals surface area contributed by atoms with Crippen LogP contribution in [-0.4, -0.2) is 17.1 Å². The molecule has 2 rings (SSSR count). The smallest absolute Gasteiger partial charge is 0.325 e. The molecule has 0 saturated heterocycles. The Morgan fingerprint density at radius 1 is 1.41 bits per heavy atom. The van der Waals surface area contributed by atoms with Crippen LogP contribution in [0.5, 0.6) is 0 Å². The molecule has 0 radical (unpaired) electrons. The highest BCUT2D eigenvalue weighted by Crippen LogP contribution is 2.20. The number of nitrogens with zero attached hydrogens (tertiary/aromatic N) is 1. The summed E-state index contributed by atoms with van der Waals surface area (Å²) in [6.07, 6.45) is 2.76. The number of halogens is 1. The number of carbonyl (C=O) groups is 1. The molecule has 4 heteroatoms. The first-order valence-corrected chi connectivity index (χ1v) is 6.40. The highest BCUT2D eigenvalue weighted by molar-refractivity contribution is 9.10. The van der Waals surface area contributed by atoms with E-state index >= 15 is 0 Å². The standard InChI is InChI=1S/C13H14BrNO2/c1-2-7-17-13(16)9-15-6-5-10-8-11(14)3-4-12(10)15/h3-6,8H,2,7,9H2,1H3. The quantitative estimate of drug-likeness (QED) is 0.810. The second-order valence-electron chi connectivity index (χ2n) is 3.87. The van der Waals surface area contributed by atoms with Crippen LogP contribution in [0.15, 0.2) is 34.9 Å². The van der Waals surface area contributed by atoms with Crippen LogP contribution >= 0.6 is 15.9 Å². The molecule has 0 unspecified atom stereocenters. The third kappa shape index (κ3) is 2.88. The SMILES string of the molecule is CCCOC(=O)Cn1ccc2cc(Br)ccc21. The summed E-state index contributed by atoms with van der Waals surface area (Å²) < 4.78 is 8.01. The van der Waals surface area contributed by atoms with Crippen LogP contribution in [0.3, 0.4) is 0 Å². The van der Waals surface area contributed by atoms with Crippen molar-refractivity contribution < 1.29 is 9.53 Å². The first kappa shape index (κ1) is 12.2. The van der Waals surface area contributed by atoms with Crippen LogP contribution in [0.2, 0.25) is 0 Å². The summed E-state index contributed by atoms with van der Waals surface area (Å²) in [5, 5.41) is 1.11. The Hall–Kier alpha value is -1.29. The van der Waals surface area contributed by atoms with E-state index in [1.165, 1.54) is 0 Å². The number of ether oxygens (including phenoxy) is 1. The van der Waals surface area contributed by atoms with Crippen LogP contribution in [0.4, 0.5) is 0 Å². The minimum Gasteiger partial charge on any atom is -0.464 e. The number of fused-ring (bicyclic) bond motifs is 1. The minimum atomic E-state index is -0.188. The van der Waals surface area contributed by atoms with Gasteiger partial charge in [0.15, 0.2) is 0 Å². The van der Waals surface area contributed by atoms with Gasteiger partial charge in [-0.2, -0.15) is 0 Å². The largest absolute Gasteiger partial charge is 0.464 e. The Bertz CT molecular complexity index is 533. The van der Waals surface area contributed by atoms with Gasteiger partial charge in [-0.25, -0.2) is 0 Å². The molecule has 0 spiro atoms. The van der Waals surface area contributed by atoms with Crippen molar-refractivity contribution in [3.63, 3.8) is 0 Å². The molecule has 0 bridgehead atoms. The van der Waals surface area contributed by atoms with E-state index in [2.05, 4.69) is 15.9 Å². The number of hydrogen-bond acceptors (Lipinski definition) is 2. The molecule has 90 valence electrons. The molecular weight excluding hydrogens is 282 g/mol. The molecule has 0 atom stereocenters. The van der Waals surface area contributed by atoms with E-state index in [4.69, 9.17) is 4.74 Å². The fraction of sp³-hybridized carbons (Fsp3) is 0.308. The number of rotatable bonds is 4. The molecule has 0 fully saturated rings. The number of aromatic nitrogens is 1. The topological polar surface area (TPSA) is 31.2 Å². The lowest BCUT2D eigenvalue weighted by Crippen LogP contribution is -2.13. The summed E-state index contributed by atoms with van der Waals surface area (Å²) >= 11 is 3.43. The van der Waals surface area contributed by atoms with E-state index in [1.54, 1.807) is 0 Å². The first-order valence-electron chi connectivity index (χ1n) is 5.60. The van der Waals surface area contributed by atoms with Gasteiger partial charge in [0.1, 0.15) is 6.54 Å². The predicted octanol–water partition coefficient (Wildman–Crippen LogP) is 3.36. The van der Waals surface area contributed by atoms with E-state index in [-0.39, 0.29) is 12.5 Å². The Labute approximate surface area is 108 Å². The molecule has 1 aromatic carbocycles. The molecule has 0 N–H and O–H groups in total. The molecule has 0 aliphatic rings. The first-order chi connectivity index (χ1) is 8.20. The van der Waals surface area contributed by atoms with Crippen molar-refractivity contribution in [1.82, 2.24) is 4.57 Å². The summed E-state index contributed by atoms with van der Waals surface area (Å²) in [7, 11) is 0. The van der Waals surface area contributed by atoms with Gasteiger partial charge in [-0.1, -0.05) is 22.9 Å². The highest BCUT2D eigenvalue weighted by Gasteiger charge is 2.07. The van der Waals surface area contributed by atoms with Crippen molar-refractivity contribution in [2.45, 2.75) is 19.9 Å². The van der Waals surface area contributed by atoms with Gasteiger partial charge in [-0.15, -0.1) is 0 Å². The van der Waals surface area contributed by atoms with Gasteiger partial charge in [0.25, 0.3) is 0 Å². The third-order valence-corrected chi connectivity index (χ3v) is 2.99. The molecule has 1 heterocycles. The van der Waals surface area contributed by atoms with Crippen LogP contribution < -0.4 is 0 Å². The molecular formula is C13H14BrNO2. The average Bonchev–Trinajstić information content (AvgIpc) is 2.69.